The Hall–Kier alpha value is -1.84. The Morgan fingerprint density at radius 2 is 1.93 bits per heavy atom. The minimum Gasteiger partial charge on any atom is -0.611 e. The molecule has 7 nitrogen and oxygen atoms in total. The number of rotatable bonds is 6. The molecule has 0 aromatic heterocycles. The number of benzene rings is 1. The number of carbonyl (C=O) groups is 2. The van der Waals surface area contributed by atoms with Gasteiger partial charge >= 0.3 is 0 Å². The third-order valence-electron chi connectivity index (χ3n) is 4.71. The molecule has 0 saturated carbocycles. The quantitative estimate of drug-likeness (QED) is 0.507. The van der Waals surface area contributed by atoms with Crippen molar-refractivity contribution >= 4 is 32.7 Å². The van der Waals surface area contributed by atoms with E-state index in [2.05, 4.69) is 0 Å². The molecule has 0 N–H and O–H groups in total. The lowest BCUT2D eigenvalue weighted by atomic mass is 9.91. The third-order valence-corrected chi connectivity index (χ3v) is 8.07. The average molecular weight is 426 g/mol. The summed E-state index contributed by atoms with van der Waals surface area (Å²) >= 11 is -1.50. The molecule has 2 aliphatic heterocycles. The zero-order valence-electron chi connectivity index (χ0n) is 16.0. The van der Waals surface area contributed by atoms with Crippen molar-refractivity contribution in [3.8, 4) is 0 Å². The van der Waals surface area contributed by atoms with Gasteiger partial charge in [0.05, 0.1) is 17.7 Å². The first-order chi connectivity index (χ1) is 13.0. The molecule has 0 bridgehead atoms. The van der Waals surface area contributed by atoms with E-state index in [1.807, 2.05) is 0 Å². The van der Waals surface area contributed by atoms with Gasteiger partial charge in [-0.05, 0) is 23.3 Å². The Kier molecular flexibility index (Phi) is 5.62. The van der Waals surface area contributed by atoms with Crippen LogP contribution in [0.3, 0.4) is 0 Å². The second-order valence-electron chi connectivity index (χ2n) is 7.90. The Morgan fingerprint density at radius 1 is 1.29 bits per heavy atom. The van der Waals surface area contributed by atoms with Crippen molar-refractivity contribution in [1.82, 2.24) is 4.90 Å². The molecule has 1 aromatic carbocycles. The summed E-state index contributed by atoms with van der Waals surface area (Å²) in [5.41, 5.74) is -0.375. The van der Waals surface area contributed by atoms with Gasteiger partial charge in [-0.1, -0.05) is 39.0 Å². The second kappa shape index (κ2) is 7.53. The third kappa shape index (κ3) is 4.11. The zero-order valence-corrected chi connectivity index (χ0v) is 17.6. The number of hydrogen-bond acceptors (Lipinski definition) is 6. The second-order valence-corrected chi connectivity index (χ2v) is 11.5. The van der Waals surface area contributed by atoms with Crippen LogP contribution >= 0.6 is 0 Å². The number of β-lactam (4-membered cyclic amide) rings is 1. The van der Waals surface area contributed by atoms with E-state index in [1.54, 1.807) is 51.1 Å². The van der Waals surface area contributed by atoms with E-state index in [9.17, 15) is 22.6 Å². The summed E-state index contributed by atoms with van der Waals surface area (Å²) in [6.07, 6.45) is -0.0997. The smallest absolute Gasteiger partial charge is 0.233 e. The largest absolute Gasteiger partial charge is 0.611 e. The van der Waals surface area contributed by atoms with Crippen LogP contribution in [0, 0.1) is 5.41 Å². The molecule has 2 heterocycles. The number of amides is 1. The van der Waals surface area contributed by atoms with Gasteiger partial charge in [0.2, 0.25) is 11.8 Å². The lowest BCUT2D eigenvalue weighted by Crippen LogP contribution is -2.60. The molecule has 9 heteroatoms. The predicted molar refractivity (Wildman–Crippen MR) is 104 cm³/mol. The van der Waals surface area contributed by atoms with Gasteiger partial charge in [-0.25, -0.2) is 8.42 Å². The first kappa shape index (κ1) is 20.9. The van der Waals surface area contributed by atoms with Gasteiger partial charge in [-0.3, -0.25) is 14.5 Å². The standard InChI is InChI=1S/C19H23NO6S2/c1-19(2,3)15(21)10-26-18-13(11-27(23)14-7-5-4-6-8-14)12-28(24,25)17-9-16(22)20(17)18/h4-8,17H,9-12H2,1-3H3/t17-,27?/m0/s1. The van der Waals surface area contributed by atoms with E-state index < -0.39 is 31.8 Å². The monoisotopic (exact) mass is 425 g/mol. The van der Waals surface area contributed by atoms with Crippen LogP contribution in [0.4, 0.5) is 0 Å². The van der Waals surface area contributed by atoms with Crippen LogP contribution in [0.5, 0.6) is 0 Å². The molecule has 3 rings (SSSR count). The minimum atomic E-state index is -3.59. The molecule has 152 valence electrons. The van der Waals surface area contributed by atoms with E-state index in [0.717, 1.165) is 4.90 Å². The number of fused-ring (bicyclic) bond motifs is 1. The molecule has 1 aromatic rings. The summed E-state index contributed by atoms with van der Waals surface area (Å²) in [4.78, 5) is 26.0. The maximum absolute atomic E-state index is 12.7. The topological polar surface area (TPSA) is 104 Å². The van der Waals surface area contributed by atoms with E-state index in [1.165, 1.54) is 0 Å². The molecular weight excluding hydrogens is 402 g/mol. The number of sulfone groups is 1. The van der Waals surface area contributed by atoms with E-state index in [4.69, 9.17) is 4.74 Å². The van der Waals surface area contributed by atoms with Gasteiger partial charge in [-0.2, -0.15) is 0 Å². The summed E-state index contributed by atoms with van der Waals surface area (Å²) in [5.74, 6) is -0.911. The summed E-state index contributed by atoms with van der Waals surface area (Å²) in [6, 6.07) is 8.66. The van der Waals surface area contributed by atoms with E-state index >= 15 is 0 Å². The summed E-state index contributed by atoms with van der Waals surface area (Å²) in [5, 5.41) is -0.964. The van der Waals surface area contributed by atoms with Gasteiger partial charge in [-0.15, -0.1) is 0 Å². The van der Waals surface area contributed by atoms with Crippen LogP contribution in [0.25, 0.3) is 0 Å². The summed E-state index contributed by atoms with van der Waals surface area (Å²) in [7, 11) is -3.59. The fraction of sp³-hybridized carbons (Fsp3) is 0.474. The Labute approximate surface area is 167 Å². The SMILES string of the molecule is CC(C)(C)C(=O)COC1=C(C[S+]([O-])c2ccccc2)CS(=O)(=O)[C@H]2CC(=O)N12. The van der Waals surface area contributed by atoms with Crippen LogP contribution < -0.4 is 0 Å². The number of Topliss-reactive ketones (excluding diaryl/α,β-unsaturated/α-hetero) is 1. The maximum Gasteiger partial charge on any atom is 0.233 e. The molecule has 1 amide bonds. The number of carbonyl (C=O) groups excluding carboxylic acids is 2. The molecule has 0 spiro atoms. The fourth-order valence-corrected chi connectivity index (χ4v) is 6.06. The van der Waals surface area contributed by atoms with Crippen molar-refractivity contribution in [3.05, 3.63) is 41.8 Å². The molecule has 1 saturated heterocycles. The fourth-order valence-electron chi connectivity index (χ4n) is 2.93. The van der Waals surface area contributed by atoms with Crippen LogP contribution in [-0.4, -0.2) is 53.0 Å². The molecular formula is C19H23NO6S2. The van der Waals surface area contributed by atoms with Crippen LogP contribution in [-0.2, 0) is 35.3 Å². The minimum absolute atomic E-state index is 0.0676. The lowest BCUT2D eigenvalue weighted by Gasteiger charge is -2.44. The molecule has 0 aliphatic carbocycles. The molecule has 0 radical (unpaired) electrons. The van der Waals surface area contributed by atoms with Crippen LogP contribution in [0.15, 0.2) is 46.7 Å². The highest BCUT2D eigenvalue weighted by molar-refractivity contribution is 7.93. The van der Waals surface area contributed by atoms with Crippen molar-refractivity contribution in [3.63, 3.8) is 0 Å². The Morgan fingerprint density at radius 3 is 2.50 bits per heavy atom. The van der Waals surface area contributed by atoms with Crippen molar-refractivity contribution in [2.75, 3.05) is 18.1 Å². The highest BCUT2D eigenvalue weighted by Crippen LogP contribution is 2.37. The van der Waals surface area contributed by atoms with E-state index in [-0.39, 0.29) is 47.7 Å². The van der Waals surface area contributed by atoms with Gasteiger partial charge in [0.15, 0.2) is 25.9 Å². The number of ketones is 1. The average Bonchev–Trinajstić information content (AvgIpc) is 2.60. The number of hydrogen-bond donors (Lipinski definition) is 0. The van der Waals surface area contributed by atoms with E-state index in [0.29, 0.717) is 4.90 Å². The van der Waals surface area contributed by atoms with Crippen molar-refractivity contribution in [2.24, 2.45) is 5.41 Å². The van der Waals surface area contributed by atoms with Crippen LogP contribution in [0.1, 0.15) is 27.2 Å². The molecule has 28 heavy (non-hydrogen) atoms. The Balaban J connectivity index is 1.91. The van der Waals surface area contributed by atoms with Crippen molar-refractivity contribution in [2.45, 2.75) is 37.5 Å². The summed E-state index contributed by atoms with van der Waals surface area (Å²) in [6.45, 7) is 4.97. The van der Waals surface area contributed by atoms with Gasteiger partial charge in [0.1, 0.15) is 12.4 Å². The first-order valence-electron chi connectivity index (χ1n) is 8.86. The predicted octanol–water partition coefficient (Wildman–Crippen LogP) is 1.62. The molecule has 1 unspecified atom stereocenters. The number of nitrogens with zero attached hydrogens (tertiary/aromatic N) is 1. The maximum atomic E-state index is 12.7. The highest BCUT2D eigenvalue weighted by atomic mass is 32.2. The van der Waals surface area contributed by atoms with Crippen LogP contribution in [0.2, 0.25) is 0 Å². The molecule has 2 aliphatic rings. The van der Waals surface area contributed by atoms with Crippen molar-refractivity contribution < 1.29 is 27.3 Å². The molecule has 1 fully saturated rings. The van der Waals surface area contributed by atoms with Gasteiger partial charge in [0.25, 0.3) is 0 Å². The highest BCUT2D eigenvalue weighted by Gasteiger charge is 2.52. The zero-order chi connectivity index (χ0) is 20.7. The lowest BCUT2D eigenvalue weighted by molar-refractivity contribution is -0.145. The first-order valence-corrected chi connectivity index (χ1v) is 11.9. The Bertz CT molecular complexity index is 917. The van der Waals surface area contributed by atoms with Crippen molar-refractivity contribution in [1.29, 1.82) is 0 Å². The normalized spacial score (nSPS) is 22.4. The number of ether oxygens (including phenoxy) is 1. The van der Waals surface area contributed by atoms with Gasteiger partial charge < -0.3 is 9.29 Å². The molecule has 2 atom stereocenters. The summed E-state index contributed by atoms with van der Waals surface area (Å²) < 4.78 is 43.4. The van der Waals surface area contributed by atoms with Gasteiger partial charge in [0, 0.05) is 5.41 Å².